The number of carbonyl (C=O) groups is 1. The summed E-state index contributed by atoms with van der Waals surface area (Å²) in [5, 5.41) is 0. The largest absolute Gasteiger partial charge is 0.366 e. The monoisotopic (exact) mass is 248 g/mol. The van der Waals surface area contributed by atoms with Gasteiger partial charge in [0.2, 0.25) is 5.91 Å². The van der Waals surface area contributed by atoms with E-state index in [-0.39, 0.29) is 5.91 Å². The number of nitrogens with zero attached hydrogens (tertiary/aromatic N) is 1. The second kappa shape index (κ2) is 6.55. The molecule has 2 N–H and O–H groups in total. The summed E-state index contributed by atoms with van der Waals surface area (Å²) >= 11 is 0. The predicted molar refractivity (Wildman–Crippen MR) is 75.5 cm³/mol. The Balaban J connectivity index is 2.74. The molecule has 1 amide bonds. The number of benzene rings is 1. The number of hydrogen-bond acceptors (Lipinski definition) is 2. The molecule has 3 nitrogen and oxygen atoms in total. The lowest BCUT2D eigenvalue weighted by atomic mass is 10.0. The van der Waals surface area contributed by atoms with Crippen LogP contribution in [0.5, 0.6) is 0 Å². The van der Waals surface area contributed by atoms with Gasteiger partial charge in [0.25, 0.3) is 0 Å². The summed E-state index contributed by atoms with van der Waals surface area (Å²) in [6.07, 6.45) is 1.16. The Morgan fingerprint density at radius 1 is 1.39 bits per heavy atom. The third-order valence-corrected chi connectivity index (χ3v) is 3.06. The molecule has 18 heavy (non-hydrogen) atoms. The van der Waals surface area contributed by atoms with E-state index in [1.165, 1.54) is 0 Å². The zero-order valence-electron chi connectivity index (χ0n) is 11.9. The summed E-state index contributed by atoms with van der Waals surface area (Å²) in [4.78, 5) is 13.7. The Morgan fingerprint density at radius 2 is 2.06 bits per heavy atom. The molecule has 0 aliphatic carbocycles. The van der Waals surface area contributed by atoms with Gasteiger partial charge in [-0.25, -0.2) is 0 Å². The van der Waals surface area contributed by atoms with E-state index < -0.39 is 0 Å². The fourth-order valence-corrected chi connectivity index (χ4v) is 1.91. The van der Waals surface area contributed by atoms with Gasteiger partial charge in [0, 0.05) is 12.1 Å². The minimum absolute atomic E-state index is 0.342. The predicted octanol–water partition coefficient (Wildman–Crippen LogP) is 2.57. The second-order valence-corrected chi connectivity index (χ2v) is 5.45. The van der Waals surface area contributed by atoms with Crippen LogP contribution < -0.4 is 5.73 Å². The van der Waals surface area contributed by atoms with E-state index in [1.807, 2.05) is 25.1 Å². The Labute approximate surface area is 110 Å². The Hall–Kier alpha value is -1.35. The number of amides is 1. The van der Waals surface area contributed by atoms with Crippen LogP contribution in [0.15, 0.2) is 18.2 Å². The Kier molecular flexibility index (Phi) is 5.35. The number of hydrogen-bond donors (Lipinski definition) is 1. The molecule has 0 atom stereocenters. The quantitative estimate of drug-likeness (QED) is 0.841. The highest BCUT2D eigenvalue weighted by atomic mass is 16.1. The minimum atomic E-state index is -0.342. The summed E-state index contributed by atoms with van der Waals surface area (Å²) in [7, 11) is 2.08. The van der Waals surface area contributed by atoms with Crippen LogP contribution in [-0.4, -0.2) is 24.4 Å². The molecule has 0 heterocycles. The normalized spacial score (nSPS) is 11.2. The number of primary amides is 1. The first-order chi connectivity index (χ1) is 8.40. The molecule has 0 saturated heterocycles. The van der Waals surface area contributed by atoms with E-state index >= 15 is 0 Å². The van der Waals surface area contributed by atoms with E-state index in [9.17, 15) is 4.79 Å². The van der Waals surface area contributed by atoms with Crippen LogP contribution in [0.3, 0.4) is 0 Å². The Bertz CT molecular complexity index is 413. The van der Waals surface area contributed by atoms with Crippen molar-refractivity contribution in [3.05, 3.63) is 34.9 Å². The molecule has 0 unspecified atom stereocenters. The third-order valence-electron chi connectivity index (χ3n) is 3.06. The van der Waals surface area contributed by atoms with Gasteiger partial charge >= 0.3 is 0 Å². The van der Waals surface area contributed by atoms with Crippen molar-refractivity contribution in [2.24, 2.45) is 11.7 Å². The van der Waals surface area contributed by atoms with Crippen molar-refractivity contribution >= 4 is 5.91 Å². The average molecular weight is 248 g/mol. The van der Waals surface area contributed by atoms with Gasteiger partial charge in [-0.3, -0.25) is 4.79 Å². The fourth-order valence-electron chi connectivity index (χ4n) is 1.91. The maximum absolute atomic E-state index is 11.4. The molecule has 1 rings (SSSR count). The lowest BCUT2D eigenvalue weighted by molar-refractivity contribution is 0.0998. The van der Waals surface area contributed by atoms with Crippen molar-refractivity contribution in [2.75, 3.05) is 13.6 Å². The van der Waals surface area contributed by atoms with Crippen LogP contribution >= 0.6 is 0 Å². The SMILES string of the molecule is Cc1ccc(CN(C)CCC(C)C)c(C(N)=O)c1. The van der Waals surface area contributed by atoms with Crippen LogP contribution in [0.2, 0.25) is 0 Å². The zero-order chi connectivity index (χ0) is 13.7. The molecule has 0 spiro atoms. The molecular formula is C15H24N2O. The van der Waals surface area contributed by atoms with Crippen LogP contribution in [0.1, 0.15) is 41.8 Å². The Morgan fingerprint density at radius 3 is 2.61 bits per heavy atom. The van der Waals surface area contributed by atoms with E-state index in [0.717, 1.165) is 30.6 Å². The molecule has 0 aliphatic rings. The number of aryl methyl sites for hydroxylation is 1. The van der Waals surface area contributed by atoms with Crippen LogP contribution in [-0.2, 0) is 6.54 Å². The van der Waals surface area contributed by atoms with Gasteiger partial charge in [0.1, 0.15) is 0 Å². The van der Waals surface area contributed by atoms with Gasteiger partial charge in [-0.2, -0.15) is 0 Å². The molecule has 1 aromatic rings. The lowest BCUT2D eigenvalue weighted by Gasteiger charge is -2.19. The lowest BCUT2D eigenvalue weighted by Crippen LogP contribution is -2.23. The molecular weight excluding hydrogens is 224 g/mol. The van der Waals surface area contributed by atoms with Gasteiger partial charge < -0.3 is 10.6 Å². The highest BCUT2D eigenvalue weighted by molar-refractivity contribution is 5.94. The second-order valence-electron chi connectivity index (χ2n) is 5.45. The summed E-state index contributed by atoms with van der Waals surface area (Å²) in [5.41, 5.74) is 8.15. The van der Waals surface area contributed by atoms with Crippen molar-refractivity contribution in [2.45, 2.75) is 33.7 Å². The first-order valence-corrected chi connectivity index (χ1v) is 6.48. The zero-order valence-corrected chi connectivity index (χ0v) is 11.9. The first kappa shape index (κ1) is 14.7. The highest BCUT2D eigenvalue weighted by Crippen LogP contribution is 2.14. The summed E-state index contributed by atoms with van der Waals surface area (Å²) in [5.74, 6) is 0.354. The summed E-state index contributed by atoms with van der Waals surface area (Å²) < 4.78 is 0. The molecule has 0 radical (unpaired) electrons. The number of carbonyl (C=O) groups excluding carboxylic acids is 1. The molecule has 3 heteroatoms. The molecule has 0 aliphatic heterocycles. The molecule has 0 bridgehead atoms. The minimum Gasteiger partial charge on any atom is -0.366 e. The number of nitrogens with two attached hydrogens (primary N) is 1. The van der Waals surface area contributed by atoms with E-state index in [1.54, 1.807) is 0 Å². The van der Waals surface area contributed by atoms with Crippen LogP contribution in [0, 0.1) is 12.8 Å². The van der Waals surface area contributed by atoms with E-state index in [0.29, 0.717) is 11.5 Å². The topological polar surface area (TPSA) is 46.3 Å². The summed E-state index contributed by atoms with van der Waals surface area (Å²) in [6.45, 7) is 8.21. The molecule has 0 saturated carbocycles. The fraction of sp³-hybridized carbons (Fsp3) is 0.533. The standard InChI is InChI=1S/C15H24N2O/c1-11(2)7-8-17(4)10-13-6-5-12(3)9-14(13)15(16)18/h5-6,9,11H,7-8,10H2,1-4H3,(H2,16,18). The number of rotatable bonds is 6. The maximum atomic E-state index is 11.4. The van der Waals surface area contributed by atoms with Crippen LogP contribution in [0.25, 0.3) is 0 Å². The van der Waals surface area contributed by atoms with Crippen LogP contribution in [0.4, 0.5) is 0 Å². The maximum Gasteiger partial charge on any atom is 0.249 e. The smallest absolute Gasteiger partial charge is 0.249 e. The molecule has 0 aromatic heterocycles. The van der Waals surface area contributed by atoms with Crippen molar-refractivity contribution in [3.8, 4) is 0 Å². The van der Waals surface area contributed by atoms with Gasteiger partial charge in [-0.15, -0.1) is 0 Å². The molecule has 0 fully saturated rings. The van der Waals surface area contributed by atoms with Crippen molar-refractivity contribution in [3.63, 3.8) is 0 Å². The van der Waals surface area contributed by atoms with Gasteiger partial charge in [-0.1, -0.05) is 31.5 Å². The van der Waals surface area contributed by atoms with Crippen molar-refractivity contribution < 1.29 is 4.79 Å². The summed E-state index contributed by atoms with van der Waals surface area (Å²) in [6, 6.07) is 5.90. The molecule has 100 valence electrons. The van der Waals surface area contributed by atoms with E-state index in [4.69, 9.17) is 5.73 Å². The third kappa shape index (κ3) is 4.49. The van der Waals surface area contributed by atoms with E-state index in [2.05, 4.69) is 25.8 Å². The van der Waals surface area contributed by atoms with Gasteiger partial charge in [0.05, 0.1) is 0 Å². The van der Waals surface area contributed by atoms with Crippen molar-refractivity contribution in [1.29, 1.82) is 0 Å². The highest BCUT2D eigenvalue weighted by Gasteiger charge is 2.10. The van der Waals surface area contributed by atoms with Gasteiger partial charge in [0.15, 0.2) is 0 Å². The van der Waals surface area contributed by atoms with Gasteiger partial charge in [-0.05, 0) is 44.5 Å². The van der Waals surface area contributed by atoms with Crippen molar-refractivity contribution in [1.82, 2.24) is 4.90 Å². The average Bonchev–Trinajstić information content (AvgIpc) is 2.28. The molecule has 1 aromatic carbocycles. The first-order valence-electron chi connectivity index (χ1n) is 6.48.